The van der Waals surface area contributed by atoms with Crippen molar-refractivity contribution in [3.63, 3.8) is 0 Å². The number of alkyl carbamates (subject to hydrolysis) is 1. The molecule has 0 heterocycles. The summed E-state index contributed by atoms with van der Waals surface area (Å²) in [6.07, 6.45) is -0.667. The van der Waals surface area contributed by atoms with Crippen LogP contribution in [0.25, 0.3) is 0 Å². The number of nitrogens with one attached hydrogen (secondary N) is 2. The third-order valence-corrected chi connectivity index (χ3v) is 5.73. The Morgan fingerprint density at radius 3 is 2.03 bits per heavy atom. The topological polar surface area (TPSA) is 87.7 Å². The predicted octanol–water partition coefficient (Wildman–Crippen LogP) is 5.14. The molecule has 0 bridgehead atoms. The van der Waals surface area contributed by atoms with Crippen LogP contribution in [0, 0.1) is 12.8 Å². The van der Waals surface area contributed by atoms with Crippen LogP contribution >= 0.6 is 0 Å². The van der Waals surface area contributed by atoms with Crippen molar-refractivity contribution in [2.45, 2.75) is 85.7 Å². The van der Waals surface area contributed by atoms with Crippen LogP contribution in [-0.4, -0.2) is 40.5 Å². The van der Waals surface area contributed by atoms with Crippen LogP contribution in [-0.2, 0) is 20.9 Å². The zero-order chi connectivity index (χ0) is 27.0. The largest absolute Gasteiger partial charge is 0.444 e. The molecular formula is C29H41N3O4. The highest BCUT2D eigenvalue weighted by Gasteiger charge is 2.39. The highest BCUT2D eigenvalue weighted by Crippen LogP contribution is 2.28. The maximum absolute atomic E-state index is 14.0. The van der Waals surface area contributed by atoms with Crippen molar-refractivity contribution in [2.75, 3.05) is 0 Å². The molecule has 0 aliphatic rings. The summed E-state index contributed by atoms with van der Waals surface area (Å²) in [4.78, 5) is 41.9. The van der Waals surface area contributed by atoms with E-state index in [0.717, 1.165) is 16.7 Å². The Kier molecular flexibility index (Phi) is 10.1. The lowest BCUT2D eigenvalue weighted by atomic mass is 9.95. The fourth-order valence-electron chi connectivity index (χ4n) is 3.98. The minimum Gasteiger partial charge on any atom is -0.444 e. The zero-order valence-corrected chi connectivity index (χ0v) is 22.8. The molecule has 0 fully saturated rings. The first-order chi connectivity index (χ1) is 16.8. The molecule has 0 aromatic heterocycles. The van der Waals surface area contributed by atoms with Crippen LogP contribution in [0.2, 0.25) is 0 Å². The van der Waals surface area contributed by atoms with Crippen molar-refractivity contribution in [1.29, 1.82) is 0 Å². The maximum Gasteiger partial charge on any atom is 0.408 e. The SMILES string of the molecule is Cc1ccccc1C(C(=O)NCc1ccccc1)N(C(=O)C(NC(=O)OC(C)(C)C)C(C)C)C(C)C. The molecule has 2 aromatic carbocycles. The van der Waals surface area contributed by atoms with Crippen molar-refractivity contribution in [3.8, 4) is 0 Å². The van der Waals surface area contributed by atoms with Crippen molar-refractivity contribution < 1.29 is 19.1 Å². The van der Waals surface area contributed by atoms with E-state index in [1.54, 1.807) is 25.7 Å². The Labute approximate surface area is 215 Å². The number of hydrogen-bond acceptors (Lipinski definition) is 4. The number of amides is 3. The first-order valence-corrected chi connectivity index (χ1v) is 12.5. The number of carbonyl (C=O) groups excluding carboxylic acids is 3. The quantitative estimate of drug-likeness (QED) is 0.504. The van der Waals surface area contributed by atoms with Crippen molar-refractivity contribution in [2.24, 2.45) is 5.92 Å². The van der Waals surface area contributed by atoms with Crippen LogP contribution in [0.15, 0.2) is 54.6 Å². The third-order valence-electron chi connectivity index (χ3n) is 5.73. The second-order valence-electron chi connectivity index (χ2n) is 10.7. The number of ether oxygens (including phenoxy) is 1. The molecule has 0 radical (unpaired) electrons. The van der Waals surface area contributed by atoms with Gasteiger partial charge in [-0.1, -0.05) is 68.4 Å². The van der Waals surface area contributed by atoms with Gasteiger partial charge in [0.1, 0.15) is 17.7 Å². The maximum atomic E-state index is 14.0. The first-order valence-electron chi connectivity index (χ1n) is 12.5. The molecular weight excluding hydrogens is 454 g/mol. The Morgan fingerprint density at radius 2 is 1.50 bits per heavy atom. The van der Waals surface area contributed by atoms with Crippen LogP contribution in [0.5, 0.6) is 0 Å². The van der Waals surface area contributed by atoms with E-state index >= 15 is 0 Å². The average molecular weight is 496 g/mol. The van der Waals surface area contributed by atoms with Gasteiger partial charge < -0.3 is 20.3 Å². The lowest BCUT2D eigenvalue weighted by molar-refractivity contribution is -0.145. The summed E-state index contributed by atoms with van der Waals surface area (Å²) in [6.45, 7) is 15.0. The van der Waals surface area contributed by atoms with Crippen LogP contribution in [0.3, 0.4) is 0 Å². The summed E-state index contributed by atoms with van der Waals surface area (Å²) in [7, 11) is 0. The molecule has 0 aliphatic carbocycles. The van der Waals surface area contributed by atoms with Crippen molar-refractivity contribution >= 4 is 17.9 Å². The van der Waals surface area contributed by atoms with Gasteiger partial charge in [0.15, 0.2) is 0 Å². The second kappa shape index (κ2) is 12.6. The molecule has 2 unspecified atom stereocenters. The molecule has 2 atom stereocenters. The van der Waals surface area contributed by atoms with E-state index in [1.807, 2.05) is 89.2 Å². The van der Waals surface area contributed by atoms with Gasteiger partial charge in [-0.15, -0.1) is 0 Å². The molecule has 7 heteroatoms. The lowest BCUT2D eigenvalue weighted by Gasteiger charge is -2.38. The summed E-state index contributed by atoms with van der Waals surface area (Å²) in [5.74, 6) is -0.847. The zero-order valence-electron chi connectivity index (χ0n) is 22.8. The van der Waals surface area contributed by atoms with Gasteiger partial charge in [-0.05, 0) is 64.2 Å². The van der Waals surface area contributed by atoms with E-state index in [9.17, 15) is 14.4 Å². The Balaban J connectivity index is 2.44. The average Bonchev–Trinajstić information content (AvgIpc) is 2.78. The highest BCUT2D eigenvalue weighted by molar-refractivity contribution is 5.92. The fraction of sp³-hybridized carbons (Fsp3) is 0.483. The van der Waals surface area contributed by atoms with E-state index in [-0.39, 0.29) is 23.8 Å². The number of aryl methyl sites for hydroxylation is 1. The number of rotatable bonds is 9. The van der Waals surface area contributed by atoms with E-state index in [1.165, 1.54) is 0 Å². The Bertz CT molecular complexity index is 1030. The monoisotopic (exact) mass is 495 g/mol. The smallest absolute Gasteiger partial charge is 0.408 e. The minimum absolute atomic E-state index is 0.226. The minimum atomic E-state index is -0.871. The summed E-state index contributed by atoms with van der Waals surface area (Å²) in [6, 6.07) is 15.1. The third kappa shape index (κ3) is 8.11. The van der Waals surface area contributed by atoms with Crippen molar-refractivity contribution in [1.82, 2.24) is 15.5 Å². The fourth-order valence-corrected chi connectivity index (χ4v) is 3.98. The first kappa shape index (κ1) is 28.9. The molecule has 2 N–H and O–H groups in total. The molecule has 36 heavy (non-hydrogen) atoms. The molecule has 196 valence electrons. The summed E-state index contributed by atoms with van der Waals surface area (Å²) in [5, 5.41) is 5.75. The second-order valence-corrected chi connectivity index (χ2v) is 10.7. The van der Waals surface area contributed by atoms with Crippen molar-refractivity contribution in [3.05, 3.63) is 71.3 Å². The molecule has 3 amide bonds. The van der Waals surface area contributed by atoms with E-state index in [4.69, 9.17) is 4.74 Å². The molecule has 2 rings (SSSR count). The van der Waals surface area contributed by atoms with E-state index < -0.39 is 23.8 Å². The summed E-state index contributed by atoms with van der Waals surface area (Å²) in [5.41, 5.74) is 1.90. The predicted molar refractivity (Wildman–Crippen MR) is 142 cm³/mol. The van der Waals surface area contributed by atoms with Gasteiger partial charge in [-0.2, -0.15) is 0 Å². The van der Waals surface area contributed by atoms with Crippen LogP contribution in [0.1, 0.15) is 71.2 Å². The molecule has 2 aromatic rings. The highest BCUT2D eigenvalue weighted by atomic mass is 16.6. The van der Waals surface area contributed by atoms with Gasteiger partial charge in [0.2, 0.25) is 11.8 Å². The van der Waals surface area contributed by atoms with Gasteiger partial charge in [-0.25, -0.2) is 4.79 Å². The molecule has 0 saturated heterocycles. The normalized spacial score (nSPS) is 13.2. The Hall–Kier alpha value is -3.35. The lowest BCUT2D eigenvalue weighted by Crippen LogP contribution is -2.56. The molecule has 7 nitrogen and oxygen atoms in total. The van der Waals surface area contributed by atoms with E-state index in [0.29, 0.717) is 6.54 Å². The molecule has 0 saturated carbocycles. The standard InChI is InChI=1S/C29H41N3O4/c1-19(2)24(31-28(35)36-29(6,7)8)27(34)32(20(3)4)25(23-17-13-12-14-21(23)5)26(33)30-18-22-15-10-9-11-16-22/h9-17,19-20,24-25H,18H2,1-8H3,(H,30,33)(H,31,35). The number of nitrogens with zero attached hydrogens (tertiary/aromatic N) is 1. The van der Waals surface area contributed by atoms with E-state index in [2.05, 4.69) is 10.6 Å². The van der Waals surface area contributed by atoms with Gasteiger partial charge in [0, 0.05) is 12.6 Å². The molecule has 0 spiro atoms. The Morgan fingerprint density at radius 1 is 0.917 bits per heavy atom. The van der Waals surface area contributed by atoms with Gasteiger partial charge >= 0.3 is 6.09 Å². The number of hydrogen-bond donors (Lipinski definition) is 2. The van der Waals surface area contributed by atoms with Crippen LogP contribution < -0.4 is 10.6 Å². The van der Waals surface area contributed by atoms with Crippen LogP contribution in [0.4, 0.5) is 4.79 Å². The number of carbonyl (C=O) groups is 3. The summed E-state index contributed by atoms with van der Waals surface area (Å²) >= 11 is 0. The van der Waals surface area contributed by atoms with Gasteiger partial charge in [0.25, 0.3) is 0 Å². The number of benzene rings is 2. The summed E-state index contributed by atoms with van der Waals surface area (Å²) < 4.78 is 5.41. The van der Waals surface area contributed by atoms with Gasteiger partial charge in [0.05, 0.1) is 0 Å². The molecule has 0 aliphatic heterocycles. The van der Waals surface area contributed by atoms with Gasteiger partial charge in [-0.3, -0.25) is 9.59 Å².